The van der Waals surface area contributed by atoms with Gasteiger partial charge in [0.1, 0.15) is 23.0 Å². The van der Waals surface area contributed by atoms with Gasteiger partial charge in [0, 0.05) is 44.5 Å². The molecule has 0 atom stereocenters. The van der Waals surface area contributed by atoms with E-state index in [4.69, 9.17) is 0 Å². The number of benzene rings is 24. The predicted molar refractivity (Wildman–Crippen MR) is 457 cm³/mol. The zero-order chi connectivity index (χ0) is 71.3. The molecule has 0 aromatic heterocycles. The largest absolute Gasteiger partial charge is 0.507 e. The lowest BCUT2D eigenvalue weighted by molar-refractivity contribution is 0.472. The van der Waals surface area contributed by atoms with Gasteiger partial charge in [-0.2, -0.15) is 0 Å². The Morgan fingerprint density at radius 1 is 0.120 bits per heavy atom. The maximum Gasteiger partial charge on any atom is 0.132 e. The van der Waals surface area contributed by atoms with Gasteiger partial charge in [0.15, 0.2) is 0 Å². The van der Waals surface area contributed by atoms with Gasteiger partial charge in [-0.3, -0.25) is 0 Å². The summed E-state index contributed by atoms with van der Waals surface area (Å²) in [5.41, 5.74) is 9.27. The predicted octanol–water partition coefficient (Wildman–Crippen LogP) is 28.4. The summed E-state index contributed by atoms with van der Waals surface area (Å²) in [6.45, 7) is 0. The van der Waals surface area contributed by atoms with Crippen LogP contribution in [0.15, 0.2) is 340 Å². The van der Waals surface area contributed by atoms with Crippen molar-refractivity contribution in [1.82, 2.24) is 0 Å². The average molecular weight is 1370 g/mol. The van der Waals surface area contributed by atoms with E-state index in [9.17, 15) is 20.4 Å². The number of aromatic hydroxyl groups is 4. The van der Waals surface area contributed by atoms with Crippen molar-refractivity contribution in [3.63, 3.8) is 0 Å². The van der Waals surface area contributed by atoms with Gasteiger partial charge in [-0.05, 0) is 219 Å². The Morgan fingerprint density at radius 2 is 0.287 bits per heavy atom. The molecule has 0 unspecified atom stereocenters. The van der Waals surface area contributed by atoms with Gasteiger partial charge >= 0.3 is 0 Å². The summed E-state index contributed by atoms with van der Waals surface area (Å²) < 4.78 is 0. The van der Waals surface area contributed by atoms with Gasteiger partial charge in [0.25, 0.3) is 0 Å². The molecule has 0 heterocycles. The fourth-order valence-electron chi connectivity index (χ4n) is 19.1. The molecule has 4 nitrogen and oxygen atoms in total. The van der Waals surface area contributed by atoms with Gasteiger partial charge in [0.05, 0.1) is 0 Å². The number of phenols is 4. The molecular weight excluding hydrogens is 1310 g/mol. The first-order valence-corrected chi connectivity index (χ1v) is 36.9. The van der Waals surface area contributed by atoms with Gasteiger partial charge in [-0.15, -0.1) is 0 Å². The van der Waals surface area contributed by atoms with Crippen LogP contribution in [0.5, 0.6) is 23.0 Å². The molecule has 0 amide bonds. The molecular formula is C104H60O4. The third kappa shape index (κ3) is 8.51. The van der Waals surface area contributed by atoms with Gasteiger partial charge < -0.3 is 20.4 Å². The first-order chi connectivity index (χ1) is 53.2. The summed E-state index contributed by atoms with van der Waals surface area (Å²) in [7, 11) is 0. The minimum Gasteiger partial charge on any atom is -0.507 e. The molecule has 0 spiro atoms. The highest BCUT2D eigenvalue weighted by Crippen LogP contribution is 2.57. The van der Waals surface area contributed by atoms with Crippen molar-refractivity contribution in [3.8, 4) is 89.8 Å². The molecule has 0 aliphatic carbocycles. The van der Waals surface area contributed by atoms with E-state index >= 15 is 0 Å². The van der Waals surface area contributed by atoms with E-state index in [1.165, 1.54) is 108 Å². The molecule has 0 saturated carbocycles. The number of hydrogen-bond acceptors (Lipinski definition) is 4. The van der Waals surface area contributed by atoms with Crippen LogP contribution in [-0.4, -0.2) is 20.4 Å². The molecule has 0 aliphatic rings. The summed E-state index contributed by atoms with van der Waals surface area (Å²) in [4.78, 5) is 0. The van der Waals surface area contributed by atoms with Gasteiger partial charge in [-0.25, -0.2) is 0 Å². The van der Waals surface area contributed by atoms with Crippen LogP contribution in [0.4, 0.5) is 0 Å². The Hall–Kier alpha value is -14.3. The van der Waals surface area contributed by atoms with Crippen molar-refractivity contribution < 1.29 is 20.4 Å². The van der Waals surface area contributed by atoms with Crippen LogP contribution < -0.4 is 0 Å². The van der Waals surface area contributed by atoms with E-state index < -0.39 is 0 Å². The molecule has 0 bridgehead atoms. The number of hydrogen-bond donors (Lipinski definition) is 4. The monoisotopic (exact) mass is 1370 g/mol. The molecule has 0 aliphatic heterocycles. The maximum atomic E-state index is 12.8. The van der Waals surface area contributed by atoms with E-state index in [0.29, 0.717) is 22.3 Å². The molecule has 0 radical (unpaired) electrons. The second kappa shape index (κ2) is 22.6. The lowest BCUT2D eigenvalue weighted by Crippen LogP contribution is -1.94. The molecule has 4 N–H and O–H groups in total. The lowest BCUT2D eigenvalue weighted by atomic mass is 9.84. The Balaban J connectivity index is 0.000000130. The highest BCUT2D eigenvalue weighted by molar-refractivity contribution is 6.31. The van der Waals surface area contributed by atoms with Crippen molar-refractivity contribution in [2.24, 2.45) is 0 Å². The molecule has 0 saturated heterocycles. The van der Waals surface area contributed by atoms with Crippen LogP contribution in [0, 0.1) is 0 Å². The summed E-state index contributed by atoms with van der Waals surface area (Å²) >= 11 is 0. The second-order valence-electron chi connectivity index (χ2n) is 29.4. The zero-order valence-electron chi connectivity index (χ0n) is 58.1. The van der Waals surface area contributed by atoms with E-state index in [-0.39, 0.29) is 23.0 Å². The van der Waals surface area contributed by atoms with Crippen LogP contribution in [0.3, 0.4) is 0 Å². The van der Waals surface area contributed by atoms with Crippen molar-refractivity contribution in [2.75, 3.05) is 0 Å². The molecule has 24 rings (SSSR count). The van der Waals surface area contributed by atoms with Crippen LogP contribution >= 0.6 is 0 Å². The fourth-order valence-corrected chi connectivity index (χ4v) is 19.1. The maximum absolute atomic E-state index is 12.8. The Labute approximate surface area is 618 Å². The Morgan fingerprint density at radius 3 is 0.500 bits per heavy atom. The Kier molecular flexibility index (Phi) is 12.6. The third-order valence-electron chi connectivity index (χ3n) is 23.9. The number of rotatable bonds is 6. The van der Waals surface area contributed by atoms with Crippen molar-refractivity contribution in [2.45, 2.75) is 0 Å². The van der Waals surface area contributed by atoms with E-state index in [1.54, 1.807) is 0 Å². The zero-order valence-corrected chi connectivity index (χ0v) is 58.1. The fraction of sp³-hybridized carbons (Fsp3) is 0. The summed E-state index contributed by atoms with van der Waals surface area (Å²) in [5, 5.41) is 87.0. The number of phenolic OH excluding ortho intramolecular Hbond substituents is 4. The minimum absolute atomic E-state index is 0.150. The quantitative estimate of drug-likeness (QED) is 0.125. The first-order valence-electron chi connectivity index (χ1n) is 36.9. The van der Waals surface area contributed by atoms with E-state index in [2.05, 4.69) is 291 Å². The van der Waals surface area contributed by atoms with Crippen LogP contribution in [0.25, 0.3) is 239 Å². The molecule has 0 fully saturated rings. The Bertz CT molecular complexity index is 6980. The van der Waals surface area contributed by atoms with Gasteiger partial charge in [0.2, 0.25) is 0 Å². The SMILES string of the molecule is Oc1c(-c2ccc3ccc4cccc5ccc2c3c45)cc2ccccc2c1-c1c(O)c(-c2ccc3ccc4cccc5ccc2c3c45)cc2ccccc12.Oc1c(-c2ccc3ccc4cccc5ccc2c3c45)cc2ccccc2c1-c1c(O)c(-c2ccc3ccc4cccc5ccc2c3c45)cc2ccccc12. The highest BCUT2D eigenvalue weighted by atomic mass is 16.3. The van der Waals surface area contributed by atoms with E-state index in [1.807, 2.05) is 48.5 Å². The van der Waals surface area contributed by atoms with Crippen molar-refractivity contribution in [1.29, 1.82) is 0 Å². The summed E-state index contributed by atoms with van der Waals surface area (Å²) in [6.07, 6.45) is 0. The van der Waals surface area contributed by atoms with Gasteiger partial charge in [-0.1, -0.05) is 315 Å². The standard InChI is InChI=1S/2C52H30O2/c2*53-51-43(39-23-19-33-17-15-29-9-5-11-31-21-25-41(39)47(33)45(29)31)27-35-7-1-3-13-37(35)49(51)50-38-14-4-2-8-36(38)28-44(52(50)54)40-24-20-34-18-16-30-10-6-12-32-22-26-42(40)48(34)46(30)32/h2*1-28,53-54H. The topological polar surface area (TPSA) is 80.9 Å². The number of fused-ring (bicyclic) bond motifs is 4. The molecule has 108 heavy (non-hydrogen) atoms. The van der Waals surface area contributed by atoms with Crippen LogP contribution in [0.1, 0.15) is 0 Å². The molecule has 24 aromatic rings. The van der Waals surface area contributed by atoms with Crippen LogP contribution in [-0.2, 0) is 0 Å². The third-order valence-corrected chi connectivity index (χ3v) is 23.9. The first kappa shape index (κ1) is 60.1. The van der Waals surface area contributed by atoms with Crippen LogP contribution in [0.2, 0.25) is 0 Å². The second-order valence-corrected chi connectivity index (χ2v) is 29.4. The summed E-state index contributed by atoms with van der Waals surface area (Å²) in [5.74, 6) is 0.599. The minimum atomic E-state index is 0.150. The highest BCUT2D eigenvalue weighted by Gasteiger charge is 2.29. The smallest absolute Gasteiger partial charge is 0.132 e. The average Bonchev–Trinajstić information content (AvgIpc) is 0.733. The molecule has 4 heteroatoms. The van der Waals surface area contributed by atoms with Crippen molar-refractivity contribution >= 4 is 172 Å². The van der Waals surface area contributed by atoms with Crippen molar-refractivity contribution in [3.05, 3.63) is 340 Å². The lowest BCUT2D eigenvalue weighted by Gasteiger charge is -2.21. The normalized spacial score (nSPS) is 12.2. The molecule has 500 valence electrons. The summed E-state index contributed by atoms with van der Waals surface area (Å²) in [6, 6.07) is 119. The molecule has 24 aromatic carbocycles. The van der Waals surface area contributed by atoms with E-state index in [0.717, 1.165) is 109 Å².